The summed E-state index contributed by atoms with van der Waals surface area (Å²) in [6.45, 7) is 4.29. The molecule has 1 aliphatic rings. The van der Waals surface area contributed by atoms with E-state index in [4.69, 9.17) is 5.26 Å². The number of nitrogens with zero attached hydrogens (tertiary/aromatic N) is 1. The fourth-order valence-electron chi connectivity index (χ4n) is 2.16. The van der Waals surface area contributed by atoms with E-state index in [1.165, 1.54) is 12.8 Å². The molecule has 92 valence electrons. The van der Waals surface area contributed by atoms with Crippen LogP contribution < -0.4 is 4.72 Å². The number of hydrogen-bond donors (Lipinski definition) is 1. The SMILES string of the molecule is CCC(C#N)S(=O)(=O)NCC1(C)CCCC1. The summed E-state index contributed by atoms with van der Waals surface area (Å²) in [5.74, 6) is 0. The maximum absolute atomic E-state index is 11.8. The summed E-state index contributed by atoms with van der Waals surface area (Å²) in [6.07, 6.45) is 4.82. The van der Waals surface area contributed by atoms with Crippen molar-refractivity contribution in [3.8, 4) is 6.07 Å². The van der Waals surface area contributed by atoms with Gasteiger partial charge in [0.2, 0.25) is 10.0 Å². The van der Waals surface area contributed by atoms with Gasteiger partial charge in [0, 0.05) is 6.54 Å². The highest BCUT2D eigenvalue weighted by molar-refractivity contribution is 7.90. The molecule has 0 amide bonds. The zero-order chi connectivity index (χ0) is 12.2. The maximum Gasteiger partial charge on any atom is 0.227 e. The van der Waals surface area contributed by atoms with E-state index in [0.717, 1.165) is 12.8 Å². The van der Waals surface area contributed by atoms with Crippen LogP contribution >= 0.6 is 0 Å². The highest BCUT2D eigenvalue weighted by Gasteiger charge is 2.31. The van der Waals surface area contributed by atoms with E-state index < -0.39 is 15.3 Å². The van der Waals surface area contributed by atoms with E-state index in [0.29, 0.717) is 13.0 Å². The molecule has 0 heterocycles. The normalized spacial score (nSPS) is 21.6. The van der Waals surface area contributed by atoms with Crippen molar-refractivity contribution in [2.45, 2.75) is 51.2 Å². The second-order valence-electron chi connectivity index (χ2n) is 4.91. The van der Waals surface area contributed by atoms with Gasteiger partial charge < -0.3 is 0 Å². The molecule has 0 aromatic rings. The quantitative estimate of drug-likeness (QED) is 0.801. The van der Waals surface area contributed by atoms with Gasteiger partial charge >= 0.3 is 0 Å². The first kappa shape index (κ1) is 13.5. The summed E-state index contributed by atoms with van der Waals surface area (Å²) >= 11 is 0. The zero-order valence-corrected chi connectivity index (χ0v) is 10.8. The van der Waals surface area contributed by atoms with Gasteiger partial charge in [0.25, 0.3) is 0 Å². The summed E-state index contributed by atoms with van der Waals surface area (Å²) in [5.41, 5.74) is 0.0841. The van der Waals surface area contributed by atoms with Gasteiger partial charge in [0.15, 0.2) is 5.25 Å². The summed E-state index contributed by atoms with van der Waals surface area (Å²) in [6, 6.07) is 1.83. The van der Waals surface area contributed by atoms with Crippen molar-refractivity contribution in [3.05, 3.63) is 0 Å². The molecule has 1 aliphatic carbocycles. The molecule has 0 radical (unpaired) electrons. The number of rotatable bonds is 5. The van der Waals surface area contributed by atoms with Crippen LogP contribution in [-0.2, 0) is 10.0 Å². The van der Waals surface area contributed by atoms with Crippen molar-refractivity contribution in [1.82, 2.24) is 4.72 Å². The molecule has 4 nitrogen and oxygen atoms in total. The average Bonchev–Trinajstić information content (AvgIpc) is 2.65. The van der Waals surface area contributed by atoms with Gasteiger partial charge in [0.05, 0.1) is 6.07 Å². The van der Waals surface area contributed by atoms with Gasteiger partial charge in [-0.1, -0.05) is 26.7 Å². The highest BCUT2D eigenvalue weighted by Crippen LogP contribution is 2.36. The molecule has 1 N–H and O–H groups in total. The molecule has 1 fully saturated rings. The van der Waals surface area contributed by atoms with Crippen molar-refractivity contribution < 1.29 is 8.42 Å². The van der Waals surface area contributed by atoms with Gasteiger partial charge in [-0.05, 0) is 24.7 Å². The Bertz CT molecular complexity index is 364. The number of hydrogen-bond acceptors (Lipinski definition) is 3. The van der Waals surface area contributed by atoms with Crippen LogP contribution in [0.5, 0.6) is 0 Å². The van der Waals surface area contributed by atoms with Crippen LogP contribution in [0, 0.1) is 16.7 Å². The lowest BCUT2D eigenvalue weighted by molar-refractivity contribution is 0.336. The molecule has 1 unspecified atom stereocenters. The molecule has 1 atom stereocenters. The molecule has 0 aliphatic heterocycles. The molecular formula is C11H20N2O2S. The summed E-state index contributed by atoms with van der Waals surface area (Å²) in [5, 5.41) is 7.83. The average molecular weight is 244 g/mol. The van der Waals surface area contributed by atoms with Crippen LogP contribution in [0.4, 0.5) is 0 Å². The van der Waals surface area contributed by atoms with E-state index >= 15 is 0 Å². The lowest BCUT2D eigenvalue weighted by atomic mass is 9.89. The summed E-state index contributed by atoms with van der Waals surface area (Å²) < 4.78 is 26.1. The second kappa shape index (κ2) is 5.15. The molecule has 0 saturated heterocycles. The standard InChI is InChI=1S/C11H20N2O2S/c1-3-10(8-12)16(14,15)13-9-11(2)6-4-5-7-11/h10,13H,3-7,9H2,1-2H3. The van der Waals surface area contributed by atoms with E-state index in [-0.39, 0.29) is 5.41 Å². The maximum atomic E-state index is 11.8. The Morgan fingerprint density at radius 2 is 2.00 bits per heavy atom. The van der Waals surface area contributed by atoms with Crippen LogP contribution in [0.2, 0.25) is 0 Å². The highest BCUT2D eigenvalue weighted by atomic mass is 32.2. The van der Waals surface area contributed by atoms with Gasteiger partial charge in [-0.2, -0.15) is 5.26 Å². The largest absolute Gasteiger partial charge is 0.227 e. The van der Waals surface area contributed by atoms with Gasteiger partial charge in [-0.25, -0.2) is 13.1 Å². The molecule has 0 spiro atoms. The molecule has 0 bridgehead atoms. The smallest absolute Gasteiger partial charge is 0.214 e. The number of nitriles is 1. The minimum atomic E-state index is -3.46. The number of nitrogens with one attached hydrogen (secondary N) is 1. The lowest BCUT2D eigenvalue weighted by Crippen LogP contribution is -2.39. The minimum absolute atomic E-state index is 0.0841. The molecule has 0 aromatic heterocycles. The van der Waals surface area contributed by atoms with Crippen LogP contribution in [0.25, 0.3) is 0 Å². The van der Waals surface area contributed by atoms with Crippen molar-refractivity contribution in [3.63, 3.8) is 0 Å². The van der Waals surface area contributed by atoms with E-state index in [9.17, 15) is 8.42 Å². The first-order valence-corrected chi connectivity index (χ1v) is 7.36. The van der Waals surface area contributed by atoms with Crippen LogP contribution in [0.3, 0.4) is 0 Å². The van der Waals surface area contributed by atoms with Crippen LogP contribution in [-0.4, -0.2) is 20.2 Å². The fourth-order valence-corrected chi connectivity index (χ4v) is 3.49. The monoisotopic (exact) mass is 244 g/mol. The fraction of sp³-hybridized carbons (Fsp3) is 0.909. The predicted molar refractivity (Wildman–Crippen MR) is 63.2 cm³/mol. The lowest BCUT2D eigenvalue weighted by Gasteiger charge is -2.24. The molecule has 0 aromatic carbocycles. The van der Waals surface area contributed by atoms with Crippen molar-refractivity contribution in [1.29, 1.82) is 5.26 Å². The first-order chi connectivity index (χ1) is 7.43. The predicted octanol–water partition coefficient (Wildman–Crippen LogP) is 1.79. The Labute approximate surface area is 98.1 Å². The minimum Gasteiger partial charge on any atom is -0.214 e. The third kappa shape index (κ3) is 3.19. The second-order valence-corrected chi connectivity index (χ2v) is 6.86. The van der Waals surface area contributed by atoms with E-state index in [2.05, 4.69) is 11.6 Å². The molecule has 16 heavy (non-hydrogen) atoms. The Balaban J connectivity index is 2.57. The van der Waals surface area contributed by atoms with Gasteiger partial charge in [-0.15, -0.1) is 0 Å². The Morgan fingerprint density at radius 3 is 2.44 bits per heavy atom. The van der Waals surface area contributed by atoms with Crippen molar-refractivity contribution in [2.75, 3.05) is 6.54 Å². The van der Waals surface area contributed by atoms with Crippen LogP contribution in [0.15, 0.2) is 0 Å². The first-order valence-electron chi connectivity index (χ1n) is 5.82. The Morgan fingerprint density at radius 1 is 1.44 bits per heavy atom. The Hall–Kier alpha value is -0.600. The zero-order valence-electron chi connectivity index (χ0n) is 9.99. The van der Waals surface area contributed by atoms with Crippen molar-refractivity contribution >= 4 is 10.0 Å². The molecule has 1 saturated carbocycles. The topological polar surface area (TPSA) is 70.0 Å². The summed E-state index contributed by atoms with van der Waals surface area (Å²) in [4.78, 5) is 0. The third-order valence-electron chi connectivity index (χ3n) is 3.40. The van der Waals surface area contributed by atoms with E-state index in [1.807, 2.05) is 6.07 Å². The summed E-state index contributed by atoms with van der Waals surface area (Å²) in [7, 11) is -3.46. The molecule has 1 rings (SSSR count). The Kier molecular flexibility index (Phi) is 4.34. The van der Waals surface area contributed by atoms with Gasteiger partial charge in [-0.3, -0.25) is 0 Å². The van der Waals surface area contributed by atoms with Crippen LogP contribution in [0.1, 0.15) is 46.0 Å². The number of sulfonamides is 1. The molecule has 5 heteroatoms. The molecular weight excluding hydrogens is 224 g/mol. The van der Waals surface area contributed by atoms with Gasteiger partial charge in [0.1, 0.15) is 0 Å². The third-order valence-corrected chi connectivity index (χ3v) is 5.13. The van der Waals surface area contributed by atoms with Crippen molar-refractivity contribution in [2.24, 2.45) is 5.41 Å². The van der Waals surface area contributed by atoms with E-state index in [1.54, 1.807) is 6.92 Å².